The van der Waals surface area contributed by atoms with Crippen LogP contribution < -0.4 is 5.32 Å². The molecule has 0 radical (unpaired) electrons. The smallest absolute Gasteiger partial charge is 0.222 e. The first-order chi connectivity index (χ1) is 6.63. The van der Waals surface area contributed by atoms with Crippen LogP contribution in [-0.4, -0.2) is 36.0 Å². The first-order valence-corrected chi connectivity index (χ1v) is 5.67. The van der Waals surface area contributed by atoms with E-state index in [1.165, 1.54) is 0 Å². The molecule has 0 bridgehead atoms. The maximum atomic E-state index is 11.7. The van der Waals surface area contributed by atoms with E-state index in [4.69, 9.17) is 0 Å². The number of rotatable bonds is 3. The third kappa shape index (κ3) is 3.29. The van der Waals surface area contributed by atoms with Crippen molar-refractivity contribution in [2.45, 2.75) is 52.1 Å². The summed E-state index contributed by atoms with van der Waals surface area (Å²) in [5.74, 6) is 0.326. The largest absolute Gasteiger partial charge is 0.340 e. The summed E-state index contributed by atoms with van der Waals surface area (Å²) >= 11 is 0. The lowest BCUT2D eigenvalue weighted by Crippen LogP contribution is -2.55. The summed E-state index contributed by atoms with van der Waals surface area (Å²) in [4.78, 5) is 13.7. The lowest BCUT2D eigenvalue weighted by molar-refractivity contribution is -0.133. The van der Waals surface area contributed by atoms with Crippen LogP contribution in [-0.2, 0) is 4.79 Å². The number of amides is 1. The molecule has 0 aromatic rings. The Hall–Kier alpha value is -0.570. The molecule has 14 heavy (non-hydrogen) atoms. The van der Waals surface area contributed by atoms with E-state index in [1.54, 1.807) is 0 Å². The van der Waals surface area contributed by atoms with Gasteiger partial charge in [0.1, 0.15) is 0 Å². The summed E-state index contributed by atoms with van der Waals surface area (Å²) in [6, 6.07) is 0.869. The first-order valence-electron chi connectivity index (χ1n) is 5.67. The zero-order valence-corrected chi connectivity index (χ0v) is 9.55. The van der Waals surface area contributed by atoms with Gasteiger partial charge in [-0.25, -0.2) is 0 Å². The molecular formula is C11H22N2O. The predicted molar refractivity (Wildman–Crippen MR) is 58.2 cm³/mol. The fourth-order valence-corrected chi connectivity index (χ4v) is 2.02. The molecule has 3 heteroatoms. The van der Waals surface area contributed by atoms with E-state index in [0.29, 0.717) is 18.0 Å². The Morgan fingerprint density at radius 3 is 2.43 bits per heavy atom. The van der Waals surface area contributed by atoms with E-state index in [9.17, 15) is 4.79 Å². The monoisotopic (exact) mass is 198 g/mol. The van der Waals surface area contributed by atoms with Gasteiger partial charge >= 0.3 is 0 Å². The highest BCUT2D eigenvalue weighted by Gasteiger charge is 2.23. The van der Waals surface area contributed by atoms with Gasteiger partial charge in [-0.1, -0.05) is 13.3 Å². The second-order valence-electron chi connectivity index (χ2n) is 4.37. The van der Waals surface area contributed by atoms with Crippen LogP contribution in [0.4, 0.5) is 0 Å². The molecule has 1 saturated heterocycles. The molecule has 0 aromatic heterocycles. The lowest BCUT2D eigenvalue weighted by atomic mass is 10.1. The minimum absolute atomic E-state index is 0.326. The summed E-state index contributed by atoms with van der Waals surface area (Å²) in [6.07, 6.45) is 2.84. The third-order valence-corrected chi connectivity index (χ3v) is 2.65. The Kier molecular flexibility index (Phi) is 4.39. The van der Waals surface area contributed by atoms with Crippen molar-refractivity contribution in [1.82, 2.24) is 10.2 Å². The molecule has 1 rings (SSSR count). The molecule has 0 saturated carbocycles. The van der Waals surface area contributed by atoms with Gasteiger partial charge in [-0.3, -0.25) is 4.79 Å². The van der Waals surface area contributed by atoms with Crippen molar-refractivity contribution in [3.8, 4) is 0 Å². The Labute approximate surface area is 86.9 Å². The van der Waals surface area contributed by atoms with Gasteiger partial charge in [-0.2, -0.15) is 0 Å². The molecule has 1 aliphatic heterocycles. The van der Waals surface area contributed by atoms with E-state index < -0.39 is 0 Å². The first kappa shape index (κ1) is 11.5. The fraction of sp³-hybridized carbons (Fsp3) is 0.909. The van der Waals surface area contributed by atoms with Crippen LogP contribution in [0.5, 0.6) is 0 Å². The van der Waals surface area contributed by atoms with Crippen molar-refractivity contribution in [2.24, 2.45) is 0 Å². The molecular weight excluding hydrogens is 176 g/mol. The van der Waals surface area contributed by atoms with Gasteiger partial charge < -0.3 is 10.2 Å². The van der Waals surface area contributed by atoms with Gasteiger partial charge in [-0.05, 0) is 20.3 Å². The van der Waals surface area contributed by atoms with E-state index in [1.807, 2.05) is 4.90 Å². The average Bonchev–Trinajstić information content (AvgIpc) is 2.12. The predicted octanol–water partition coefficient (Wildman–Crippen LogP) is 1.39. The van der Waals surface area contributed by atoms with Gasteiger partial charge in [0.25, 0.3) is 0 Å². The van der Waals surface area contributed by atoms with Crippen molar-refractivity contribution in [1.29, 1.82) is 0 Å². The number of unbranched alkanes of at least 4 members (excludes halogenated alkanes) is 1. The zero-order valence-electron chi connectivity index (χ0n) is 9.55. The summed E-state index contributed by atoms with van der Waals surface area (Å²) in [5.41, 5.74) is 0. The van der Waals surface area contributed by atoms with Crippen LogP contribution in [0.3, 0.4) is 0 Å². The van der Waals surface area contributed by atoms with Crippen molar-refractivity contribution < 1.29 is 4.79 Å². The van der Waals surface area contributed by atoms with E-state index in [2.05, 4.69) is 26.1 Å². The molecule has 2 atom stereocenters. The SMILES string of the molecule is CCCCC(=O)N1CC(C)NC(C)C1. The highest BCUT2D eigenvalue weighted by molar-refractivity contribution is 5.76. The summed E-state index contributed by atoms with van der Waals surface area (Å²) in [6.45, 7) is 8.13. The highest BCUT2D eigenvalue weighted by Crippen LogP contribution is 2.07. The number of carbonyl (C=O) groups is 1. The molecule has 2 unspecified atom stereocenters. The van der Waals surface area contributed by atoms with Gasteiger partial charge in [0.15, 0.2) is 0 Å². The second-order valence-corrected chi connectivity index (χ2v) is 4.37. The van der Waals surface area contributed by atoms with E-state index >= 15 is 0 Å². The van der Waals surface area contributed by atoms with Crippen LogP contribution in [0.1, 0.15) is 40.0 Å². The summed E-state index contributed by atoms with van der Waals surface area (Å²) in [7, 11) is 0. The van der Waals surface area contributed by atoms with Crippen LogP contribution in [0.15, 0.2) is 0 Å². The molecule has 0 aliphatic carbocycles. The second kappa shape index (κ2) is 5.35. The highest BCUT2D eigenvalue weighted by atomic mass is 16.2. The van der Waals surface area contributed by atoms with Crippen LogP contribution >= 0.6 is 0 Å². The maximum Gasteiger partial charge on any atom is 0.222 e. The molecule has 1 N–H and O–H groups in total. The van der Waals surface area contributed by atoms with Gasteiger partial charge in [0.05, 0.1) is 0 Å². The number of hydrogen-bond acceptors (Lipinski definition) is 2. The number of nitrogens with zero attached hydrogens (tertiary/aromatic N) is 1. The molecule has 1 aliphatic rings. The molecule has 1 amide bonds. The average molecular weight is 198 g/mol. The minimum Gasteiger partial charge on any atom is -0.340 e. The molecule has 0 aromatic carbocycles. The quantitative estimate of drug-likeness (QED) is 0.743. The Morgan fingerprint density at radius 2 is 1.93 bits per heavy atom. The zero-order chi connectivity index (χ0) is 10.6. The van der Waals surface area contributed by atoms with Gasteiger partial charge in [-0.15, -0.1) is 0 Å². The third-order valence-electron chi connectivity index (χ3n) is 2.65. The van der Waals surface area contributed by atoms with E-state index in [-0.39, 0.29) is 0 Å². The molecule has 82 valence electrons. The number of hydrogen-bond donors (Lipinski definition) is 1. The Morgan fingerprint density at radius 1 is 1.36 bits per heavy atom. The Bertz CT molecular complexity index is 184. The normalized spacial score (nSPS) is 27.8. The topological polar surface area (TPSA) is 32.3 Å². The Balaban J connectivity index is 2.38. The van der Waals surface area contributed by atoms with Gasteiger partial charge in [0, 0.05) is 31.6 Å². The molecule has 0 spiro atoms. The maximum absolute atomic E-state index is 11.7. The number of nitrogens with one attached hydrogen (secondary N) is 1. The molecule has 3 nitrogen and oxygen atoms in total. The number of piperazine rings is 1. The van der Waals surface area contributed by atoms with Crippen molar-refractivity contribution >= 4 is 5.91 Å². The lowest BCUT2D eigenvalue weighted by Gasteiger charge is -2.36. The van der Waals surface area contributed by atoms with Crippen molar-refractivity contribution in [3.63, 3.8) is 0 Å². The van der Waals surface area contributed by atoms with Crippen LogP contribution in [0, 0.1) is 0 Å². The van der Waals surface area contributed by atoms with Gasteiger partial charge in [0.2, 0.25) is 5.91 Å². The van der Waals surface area contributed by atoms with Crippen molar-refractivity contribution in [2.75, 3.05) is 13.1 Å². The van der Waals surface area contributed by atoms with Crippen molar-refractivity contribution in [3.05, 3.63) is 0 Å². The van der Waals surface area contributed by atoms with E-state index in [0.717, 1.165) is 32.4 Å². The molecule has 1 heterocycles. The van der Waals surface area contributed by atoms with Crippen LogP contribution in [0.25, 0.3) is 0 Å². The molecule has 1 fully saturated rings. The summed E-state index contributed by atoms with van der Waals surface area (Å²) < 4.78 is 0. The number of carbonyl (C=O) groups excluding carboxylic acids is 1. The fourth-order valence-electron chi connectivity index (χ4n) is 2.02. The minimum atomic E-state index is 0.326. The summed E-state index contributed by atoms with van der Waals surface area (Å²) in [5, 5.41) is 3.43. The standard InChI is InChI=1S/C11H22N2O/c1-4-5-6-11(14)13-7-9(2)12-10(3)8-13/h9-10,12H,4-8H2,1-3H3. The van der Waals surface area contributed by atoms with Crippen LogP contribution in [0.2, 0.25) is 0 Å².